The minimum Gasteiger partial charge on any atom is -0.494 e. The van der Waals surface area contributed by atoms with Gasteiger partial charge in [-0.15, -0.1) is 11.8 Å². The number of aliphatic carboxylic acids is 1. The summed E-state index contributed by atoms with van der Waals surface area (Å²) in [6.45, 7) is 2.50. The SMILES string of the molecule is CCOc1ccc(NC(=O)CSc2ccc(NC(=O)C3CC=CCC3C(=O)O)cc2)cc1. The van der Waals surface area contributed by atoms with Crippen LogP contribution in [0.1, 0.15) is 19.8 Å². The first-order valence-corrected chi connectivity index (χ1v) is 11.4. The summed E-state index contributed by atoms with van der Waals surface area (Å²) in [7, 11) is 0. The molecule has 0 saturated heterocycles. The van der Waals surface area contributed by atoms with Crippen LogP contribution in [0, 0.1) is 11.8 Å². The van der Waals surface area contributed by atoms with Crippen molar-refractivity contribution in [2.75, 3.05) is 23.0 Å². The number of carboxylic acids is 1. The molecule has 168 valence electrons. The van der Waals surface area contributed by atoms with Crippen LogP contribution in [-0.4, -0.2) is 35.2 Å². The molecule has 2 atom stereocenters. The van der Waals surface area contributed by atoms with Crippen molar-refractivity contribution in [2.45, 2.75) is 24.7 Å². The molecule has 0 aromatic heterocycles. The number of ether oxygens (including phenoxy) is 1. The zero-order valence-electron chi connectivity index (χ0n) is 17.7. The number of nitrogens with one attached hydrogen (secondary N) is 2. The van der Waals surface area contributed by atoms with E-state index in [2.05, 4.69) is 10.6 Å². The van der Waals surface area contributed by atoms with E-state index in [4.69, 9.17) is 4.74 Å². The highest BCUT2D eigenvalue weighted by Gasteiger charge is 2.33. The van der Waals surface area contributed by atoms with Gasteiger partial charge in [0.05, 0.1) is 24.2 Å². The van der Waals surface area contributed by atoms with Gasteiger partial charge in [0.1, 0.15) is 5.75 Å². The summed E-state index contributed by atoms with van der Waals surface area (Å²) in [6, 6.07) is 14.3. The Morgan fingerprint density at radius 2 is 1.53 bits per heavy atom. The fraction of sp³-hybridized carbons (Fsp3) is 0.292. The summed E-state index contributed by atoms with van der Waals surface area (Å²) < 4.78 is 5.38. The number of amides is 2. The van der Waals surface area contributed by atoms with Gasteiger partial charge in [-0.2, -0.15) is 0 Å². The number of hydrogen-bond donors (Lipinski definition) is 3. The Balaban J connectivity index is 1.48. The van der Waals surface area contributed by atoms with E-state index < -0.39 is 17.8 Å². The van der Waals surface area contributed by atoms with E-state index in [9.17, 15) is 19.5 Å². The Labute approximate surface area is 191 Å². The van der Waals surface area contributed by atoms with Crippen LogP contribution >= 0.6 is 11.8 Å². The molecule has 8 heteroatoms. The Morgan fingerprint density at radius 1 is 0.938 bits per heavy atom. The third-order valence-electron chi connectivity index (χ3n) is 5.03. The Bertz CT molecular complexity index is 973. The van der Waals surface area contributed by atoms with Crippen LogP contribution in [0.4, 0.5) is 11.4 Å². The number of carbonyl (C=O) groups excluding carboxylic acids is 2. The van der Waals surface area contributed by atoms with E-state index in [1.807, 2.05) is 37.3 Å². The first kappa shape index (κ1) is 23.4. The fourth-order valence-corrected chi connectivity index (χ4v) is 4.09. The second-order valence-corrected chi connectivity index (χ2v) is 8.35. The third-order valence-corrected chi connectivity index (χ3v) is 6.04. The molecular formula is C24H26N2O5S. The second kappa shape index (κ2) is 11.4. The monoisotopic (exact) mass is 454 g/mol. The second-order valence-electron chi connectivity index (χ2n) is 7.30. The van der Waals surface area contributed by atoms with Crippen molar-refractivity contribution < 1.29 is 24.2 Å². The molecule has 0 aliphatic heterocycles. The molecule has 2 aromatic rings. The molecule has 3 rings (SSSR count). The number of thioether (sulfide) groups is 1. The highest BCUT2D eigenvalue weighted by molar-refractivity contribution is 8.00. The minimum atomic E-state index is -0.954. The molecule has 2 amide bonds. The van der Waals surface area contributed by atoms with Gasteiger partial charge < -0.3 is 20.5 Å². The summed E-state index contributed by atoms with van der Waals surface area (Å²) in [4.78, 5) is 37.0. The summed E-state index contributed by atoms with van der Waals surface area (Å²) >= 11 is 1.38. The highest BCUT2D eigenvalue weighted by Crippen LogP contribution is 2.28. The first-order valence-electron chi connectivity index (χ1n) is 10.4. The predicted octanol–water partition coefficient (Wildman–Crippen LogP) is 4.42. The Morgan fingerprint density at radius 3 is 2.16 bits per heavy atom. The average molecular weight is 455 g/mol. The molecule has 0 heterocycles. The minimum absolute atomic E-state index is 0.124. The first-order chi connectivity index (χ1) is 15.5. The average Bonchev–Trinajstić information content (AvgIpc) is 2.80. The molecule has 32 heavy (non-hydrogen) atoms. The normalized spacial score (nSPS) is 17.4. The maximum atomic E-state index is 12.5. The number of allylic oxidation sites excluding steroid dienone is 2. The number of rotatable bonds is 9. The van der Waals surface area contributed by atoms with Crippen LogP contribution < -0.4 is 15.4 Å². The van der Waals surface area contributed by atoms with Crippen molar-refractivity contribution in [2.24, 2.45) is 11.8 Å². The van der Waals surface area contributed by atoms with Gasteiger partial charge in [-0.05, 0) is 68.3 Å². The topological polar surface area (TPSA) is 105 Å². The van der Waals surface area contributed by atoms with Crippen molar-refractivity contribution in [3.8, 4) is 5.75 Å². The Kier molecular flexibility index (Phi) is 8.33. The quantitative estimate of drug-likeness (QED) is 0.383. The Hall–Kier alpha value is -3.26. The molecule has 3 N–H and O–H groups in total. The highest BCUT2D eigenvalue weighted by atomic mass is 32.2. The molecular weight excluding hydrogens is 428 g/mol. The number of carbonyl (C=O) groups is 3. The van der Waals surface area contributed by atoms with Gasteiger partial charge in [0.15, 0.2) is 0 Å². The lowest BCUT2D eigenvalue weighted by Crippen LogP contribution is -2.34. The van der Waals surface area contributed by atoms with E-state index >= 15 is 0 Å². The smallest absolute Gasteiger partial charge is 0.307 e. The van der Waals surface area contributed by atoms with E-state index in [1.54, 1.807) is 30.3 Å². The predicted molar refractivity (Wildman–Crippen MR) is 125 cm³/mol. The van der Waals surface area contributed by atoms with Gasteiger partial charge in [-0.25, -0.2) is 0 Å². The lowest BCUT2D eigenvalue weighted by atomic mass is 9.82. The summed E-state index contributed by atoms with van der Waals surface area (Å²) in [5.41, 5.74) is 1.30. The van der Waals surface area contributed by atoms with Crippen molar-refractivity contribution in [3.63, 3.8) is 0 Å². The lowest BCUT2D eigenvalue weighted by Gasteiger charge is -2.24. The standard InChI is InChI=1S/C24H26N2O5S/c1-2-31-18-11-7-16(8-12-18)25-22(27)15-32-19-13-9-17(10-14-19)26-23(28)20-5-3-4-6-21(20)24(29)30/h3-4,7-14,20-21H,2,5-6,15H2,1H3,(H,25,27)(H,26,28)(H,29,30). The molecule has 0 fully saturated rings. The van der Waals surface area contributed by atoms with E-state index in [0.29, 0.717) is 30.8 Å². The zero-order chi connectivity index (χ0) is 22.9. The zero-order valence-corrected chi connectivity index (χ0v) is 18.6. The number of benzene rings is 2. The van der Waals surface area contributed by atoms with Crippen LogP contribution in [0.15, 0.2) is 65.6 Å². The van der Waals surface area contributed by atoms with Crippen LogP contribution in [0.2, 0.25) is 0 Å². The van der Waals surface area contributed by atoms with Crippen molar-refractivity contribution in [1.29, 1.82) is 0 Å². The van der Waals surface area contributed by atoms with Crippen molar-refractivity contribution in [1.82, 2.24) is 0 Å². The van der Waals surface area contributed by atoms with Crippen molar-refractivity contribution >= 4 is 40.9 Å². The molecule has 0 bridgehead atoms. The fourth-order valence-electron chi connectivity index (χ4n) is 3.39. The van der Waals surface area contributed by atoms with Crippen LogP contribution in [-0.2, 0) is 14.4 Å². The van der Waals surface area contributed by atoms with Gasteiger partial charge in [0.2, 0.25) is 11.8 Å². The van der Waals surface area contributed by atoms with Crippen LogP contribution in [0.25, 0.3) is 0 Å². The number of carboxylic acid groups (broad SMARTS) is 1. The maximum Gasteiger partial charge on any atom is 0.307 e. The number of hydrogen-bond acceptors (Lipinski definition) is 5. The van der Waals surface area contributed by atoms with Gasteiger partial charge >= 0.3 is 5.97 Å². The molecule has 0 spiro atoms. The van der Waals surface area contributed by atoms with E-state index in [0.717, 1.165) is 10.6 Å². The van der Waals surface area contributed by atoms with Gasteiger partial charge in [0, 0.05) is 16.3 Å². The van der Waals surface area contributed by atoms with Gasteiger partial charge in [0.25, 0.3) is 0 Å². The maximum absolute atomic E-state index is 12.5. The molecule has 7 nitrogen and oxygen atoms in total. The van der Waals surface area contributed by atoms with Gasteiger partial charge in [-0.1, -0.05) is 12.2 Å². The molecule has 2 unspecified atom stereocenters. The summed E-state index contributed by atoms with van der Waals surface area (Å²) in [5.74, 6) is -1.66. The van der Waals surface area contributed by atoms with Crippen LogP contribution in [0.5, 0.6) is 5.75 Å². The molecule has 0 saturated carbocycles. The van der Waals surface area contributed by atoms with E-state index in [-0.39, 0.29) is 17.6 Å². The lowest BCUT2D eigenvalue weighted by molar-refractivity contribution is -0.146. The summed E-state index contributed by atoms with van der Waals surface area (Å²) in [6.07, 6.45) is 4.43. The third kappa shape index (κ3) is 6.62. The van der Waals surface area contributed by atoms with Gasteiger partial charge in [-0.3, -0.25) is 14.4 Å². The number of anilines is 2. The molecule has 0 radical (unpaired) electrons. The van der Waals surface area contributed by atoms with Crippen LogP contribution in [0.3, 0.4) is 0 Å². The molecule has 1 aliphatic rings. The largest absolute Gasteiger partial charge is 0.494 e. The summed E-state index contributed by atoms with van der Waals surface area (Å²) in [5, 5.41) is 15.0. The van der Waals surface area contributed by atoms with E-state index in [1.165, 1.54) is 11.8 Å². The van der Waals surface area contributed by atoms with Crippen molar-refractivity contribution in [3.05, 3.63) is 60.7 Å². The molecule has 1 aliphatic carbocycles. The molecule has 2 aromatic carbocycles.